The van der Waals surface area contributed by atoms with Crippen LogP contribution in [-0.4, -0.2) is 26.3 Å². The molecule has 2 heterocycles. The molecule has 4 N–H and O–H groups in total. The third-order valence-corrected chi connectivity index (χ3v) is 6.23. The Balaban J connectivity index is 1.58. The van der Waals surface area contributed by atoms with Gasteiger partial charge in [0, 0.05) is 40.1 Å². The summed E-state index contributed by atoms with van der Waals surface area (Å²) in [5.41, 5.74) is 9.55. The summed E-state index contributed by atoms with van der Waals surface area (Å²) >= 11 is 12.1. The van der Waals surface area contributed by atoms with Gasteiger partial charge >= 0.3 is 6.03 Å². The molecule has 0 bridgehead atoms. The molecule has 0 atom stereocenters. The SMILES string of the molecule is Cc1ccc(C(=O)c2cn(C(C)C)c3ncnc(N)c23)cc1NC(=O)NCc1ccc(Cl)cc1Cl. The van der Waals surface area contributed by atoms with Gasteiger partial charge in [-0.1, -0.05) is 41.4 Å². The van der Waals surface area contributed by atoms with Crippen LogP contribution in [0.4, 0.5) is 16.3 Å². The molecule has 35 heavy (non-hydrogen) atoms. The number of fused-ring (bicyclic) bond motifs is 1. The van der Waals surface area contributed by atoms with Gasteiger partial charge < -0.3 is 20.9 Å². The zero-order valence-corrected chi connectivity index (χ0v) is 20.9. The molecule has 0 aliphatic carbocycles. The fourth-order valence-corrected chi connectivity index (χ4v) is 4.21. The molecule has 0 aliphatic heterocycles. The average molecular weight is 511 g/mol. The lowest BCUT2D eigenvalue weighted by Crippen LogP contribution is -2.28. The lowest BCUT2D eigenvalue weighted by molar-refractivity contribution is 0.104. The maximum atomic E-state index is 13.5. The zero-order chi connectivity index (χ0) is 25.3. The molecular weight excluding hydrogens is 487 g/mol. The summed E-state index contributed by atoms with van der Waals surface area (Å²) in [7, 11) is 0. The van der Waals surface area contributed by atoms with E-state index in [2.05, 4.69) is 20.6 Å². The largest absolute Gasteiger partial charge is 0.383 e. The van der Waals surface area contributed by atoms with Crippen LogP contribution in [-0.2, 0) is 6.54 Å². The number of hydrogen-bond acceptors (Lipinski definition) is 5. The van der Waals surface area contributed by atoms with Crippen LogP contribution >= 0.6 is 23.2 Å². The molecule has 4 rings (SSSR count). The maximum absolute atomic E-state index is 13.5. The predicted molar refractivity (Wildman–Crippen MR) is 139 cm³/mol. The van der Waals surface area contributed by atoms with Crippen LogP contribution in [0.2, 0.25) is 10.0 Å². The van der Waals surface area contributed by atoms with Gasteiger partial charge in [-0.2, -0.15) is 0 Å². The first-order chi connectivity index (χ1) is 16.7. The molecule has 180 valence electrons. The topological polar surface area (TPSA) is 115 Å². The Hall–Kier alpha value is -3.62. The van der Waals surface area contributed by atoms with Crippen molar-refractivity contribution >= 4 is 57.6 Å². The van der Waals surface area contributed by atoms with Crippen molar-refractivity contribution in [3.05, 3.63) is 81.2 Å². The van der Waals surface area contributed by atoms with Gasteiger partial charge in [0.15, 0.2) is 5.78 Å². The Labute approximate surface area is 212 Å². The molecule has 0 unspecified atom stereocenters. The van der Waals surface area contributed by atoms with Crippen LogP contribution in [0.3, 0.4) is 0 Å². The number of ketones is 1. The number of rotatable bonds is 6. The zero-order valence-electron chi connectivity index (χ0n) is 19.4. The van der Waals surface area contributed by atoms with E-state index in [1.165, 1.54) is 6.33 Å². The average Bonchev–Trinajstić information content (AvgIpc) is 3.21. The number of nitrogens with one attached hydrogen (secondary N) is 2. The molecule has 0 saturated carbocycles. The summed E-state index contributed by atoms with van der Waals surface area (Å²) in [4.78, 5) is 34.4. The molecule has 0 radical (unpaired) electrons. The van der Waals surface area contributed by atoms with Crippen molar-refractivity contribution in [2.24, 2.45) is 0 Å². The summed E-state index contributed by atoms with van der Waals surface area (Å²) in [6.07, 6.45) is 3.13. The van der Waals surface area contributed by atoms with Crippen LogP contribution in [0.5, 0.6) is 0 Å². The fraction of sp³-hybridized carbons (Fsp3) is 0.200. The van der Waals surface area contributed by atoms with E-state index in [-0.39, 0.29) is 24.2 Å². The van der Waals surface area contributed by atoms with Crippen molar-refractivity contribution < 1.29 is 9.59 Å². The first-order valence-electron chi connectivity index (χ1n) is 10.9. The first kappa shape index (κ1) is 24.5. The van der Waals surface area contributed by atoms with Crippen molar-refractivity contribution in [2.75, 3.05) is 11.1 Å². The van der Waals surface area contributed by atoms with Gasteiger partial charge in [0.2, 0.25) is 0 Å². The highest BCUT2D eigenvalue weighted by molar-refractivity contribution is 6.35. The van der Waals surface area contributed by atoms with E-state index < -0.39 is 6.03 Å². The molecule has 0 spiro atoms. The summed E-state index contributed by atoms with van der Waals surface area (Å²) < 4.78 is 1.89. The van der Waals surface area contributed by atoms with E-state index in [0.29, 0.717) is 37.9 Å². The number of nitrogens with two attached hydrogens (primary N) is 1. The summed E-state index contributed by atoms with van der Waals surface area (Å²) in [6, 6.07) is 9.84. The number of benzene rings is 2. The second kappa shape index (κ2) is 9.93. The van der Waals surface area contributed by atoms with Gasteiger partial charge in [-0.25, -0.2) is 14.8 Å². The molecule has 2 amide bonds. The van der Waals surface area contributed by atoms with E-state index in [1.54, 1.807) is 42.6 Å². The van der Waals surface area contributed by atoms with Gasteiger partial charge in [-0.3, -0.25) is 4.79 Å². The minimum atomic E-state index is -0.433. The van der Waals surface area contributed by atoms with Crippen molar-refractivity contribution in [1.82, 2.24) is 19.9 Å². The van der Waals surface area contributed by atoms with Crippen molar-refractivity contribution in [1.29, 1.82) is 0 Å². The predicted octanol–water partition coefficient (Wildman–Crippen LogP) is 5.76. The highest BCUT2D eigenvalue weighted by Gasteiger charge is 2.22. The summed E-state index contributed by atoms with van der Waals surface area (Å²) in [5, 5.41) is 7.06. The highest BCUT2D eigenvalue weighted by Crippen LogP contribution is 2.29. The van der Waals surface area contributed by atoms with E-state index in [9.17, 15) is 9.59 Å². The van der Waals surface area contributed by atoms with Crippen molar-refractivity contribution in [3.63, 3.8) is 0 Å². The minimum absolute atomic E-state index is 0.0708. The standard InChI is InChI=1S/C25H24Cl2N6O2/c1-13(2)33-11-18(21-23(28)30-12-31-24(21)33)22(34)15-5-4-14(3)20(8-15)32-25(35)29-10-16-6-7-17(26)9-19(16)27/h4-9,11-13H,10H2,1-3H3,(H2,28,30,31)(H2,29,32,35). The summed E-state index contributed by atoms with van der Waals surface area (Å²) in [6.45, 7) is 6.05. The number of aryl methyl sites for hydroxylation is 1. The number of anilines is 2. The van der Waals surface area contributed by atoms with Crippen LogP contribution in [0, 0.1) is 6.92 Å². The van der Waals surface area contributed by atoms with E-state index >= 15 is 0 Å². The number of carbonyl (C=O) groups is 2. The molecule has 2 aromatic carbocycles. The second-order valence-corrected chi connectivity index (χ2v) is 9.25. The quantitative estimate of drug-likeness (QED) is 0.285. The van der Waals surface area contributed by atoms with Gasteiger partial charge in [-0.15, -0.1) is 0 Å². The second-order valence-electron chi connectivity index (χ2n) is 8.40. The third kappa shape index (κ3) is 5.08. The molecular formula is C25H24Cl2N6O2. The van der Waals surface area contributed by atoms with Crippen molar-refractivity contribution in [2.45, 2.75) is 33.4 Å². The number of amides is 2. The van der Waals surface area contributed by atoms with Crippen LogP contribution in [0.15, 0.2) is 48.9 Å². The van der Waals surface area contributed by atoms with Gasteiger partial charge in [-0.05, 0) is 50.1 Å². The highest BCUT2D eigenvalue weighted by atomic mass is 35.5. The number of carbonyl (C=O) groups excluding carboxylic acids is 2. The Morgan fingerprint density at radius 1 is 1.11 bits per heavy atom. The van der Waals surface area contributed by atoms with Gasteiger partial charge in [0.1, 0.15) is 17.8 Å². The normalized spacial score (nSPS) is 11.1. The molecule has 4 aromatic rings. The van der Waals surface area contributed by atoms with Crippen LogP contribution < -0.4 is 16.4 Å². The lowest BCUT2D eigenvalue weighted by Gasteiger charge is -2.12. The van der Waals surface area contributed by atoms with Gasteiger partial charge in [0.05, 0.1) is 10.9 Å². The third-order valence-electron chi connectivity index (χ3n) is 5.64. The van der Waals surface area contributed by atoms with Crippen LogP contribution in [0.25, 0.3) is 11.0 Å². The van der Waals surface area contributed by atoms with E-state index in [0.717, 1.165) is 11.1 Å². The number of halogens is 2. The molecule has 0 aliphatic rings. The van der Waals surface area contributed by atoms with E-state index in [4.69, 9.17) is 28.9 Å². The molecule has 8 nitrogen and oxygen atoms in total. The Morgan fingerprint density at radius 3 is 2.60 bits per heavy atom. The van der Waals surface area contributed by atoms with Crippen LogP contribution in [0.1, 0.15) is 46.9 Å². The number of hydrogen-bond donors (Lipinski definition) is 3. The Kier molecular flexibility index (Phi) is 6.95. The Morgan fingerprint density at radius 2 is 1.89 bits per heavy atom. The monoisotopic (exact) mass is 510 g/mol. The van der Waals surface area contributed by atoms with Crippen molar-refractivity contribution in [3.8, 4) is 0 Å². The number of nitrogen functional groups attached to an aromatic ring is 1. The maximum Gasteiger partial charge on any atom is 0.319 e. The Bertz CT molecular complexity index is 1450. The van der Waals surface area contributed by atoms with Gasteiger partial charge in [0.25, 0.3) is 0 Å². The molecule has 0 saturated heterocycles. The minimum Gasteiger partial charge on any atom is -0.383 e. The number of nitrogens with zero attached hydrogens (tertiary/aromatic N) is 3. The van der Waals surface area contributed by atoms with E-state index in [1.807, 2.05) is 25.3 Å². The smallest absolute Gasteiger partial charge is 0.319 e. The molecule has 10 heteroatoms. The number of urea groups is 1. The molecule has 2 aromatic heterocycles. The molecule has 0 fully saturated rings. The fourth-order valence-electron chi connectivity index (χ4n) is 3.73. The first-order valence-corrected chi connectivity index (χ1v) is 11.7. The lowest BCUT2D eigenvalue weighted by atomic mass is 10.0. The summed E-state index contributed by atoms with van der Waals surface area (Å²) in [5.74, 6) is -0.00393. The number of aromatic nitrogens is 3.